The fourth-order valence-electron chi connectivity index (χ4n) is 3.94. The summed E-state index contributed by atoms with van der Waals surface area (Å²) in [6.45, 7) is 1.88. The van der Waals surface area contributed by atoms with Gasteiger partial charge in [0.15, 0.2) is 0 Å². The van der Waals surface area contributed by atoms with Crippen LogP contribution in [0.4, 0.5) is 22.2 Å². The van der Waals surface area contributed by atoms with E-state index in [-0.39, 0.29) is 18.1 Å². The topological polar surface area (TPSA) is 115 Å². The van der Waals surface area contributed by atoms with Gasteiger partial charge in [0, 0.05) is 39.1 Å². The van der Waals surface area contributed by atoms with Crippen LogP contribution in [0.25, 0.3) is 0 Å². The third-order valence-electron chi connectivity index (χ3n) is 5.16. The molecule has 2 amide bonds. The zero-order valence-corrected chi connectivity index (χ0v) is 15.7. The van der Waals surface area contributed by atoms with Gasteiger partial charge in [-0.2, -0.15) is 15.3 Å². The molecule has 28 heavy (non-hydrogen) atoms. The molecule has 2 atom stereocenters. The summed E-state index contributed by atoms with van der Waals surface area (Å²) in [5.41, 5.74) is 0.832. The van der Waals surface area contributed by atoms with Crippen molar-refractivity contribution in [2.75, 3.05) is 29.9 Å². The molecular weight excluding hydrogens is 358 g/mol. The molecule has 0 aromatic carbocycles. The predicted octanol–water partition coefficient (Wildman–Crippen LogP) is 1.23. The van der Waals surface area contributed by atoms with Gasteiger partial charge in [-0.05, 0) is 18.9 Å². The predicted molar refractivity (Wildman–Crippen MR) is 103 cm³/mol. The van der Waals surface area contributed by atoms with E-state index in [1.54, 1.807) is 17.1 Å². The number of hydrogen-bond donors (Lipinski definition) is 2. The summed E-state index contributed by atoms with van der Waals surface area (Å²) in [4.78, 5) is 25.6. The van der Waals surface area contributed by atoms with Crippen molar-refractivity contribution in [3.63, 3.8) is 0 Å². The van der Waals surface area contributed by atoms with E-state index in [1.807, 2.05) is 30.3 Å². The standard InChI is InChI=1S/C18H23N9O/c1-25-10-13(9-22-25)23-17-20-8-5-16(24-17)26-11-14-3-4-15(12-26)27(14)18(28)21-7-2-6-19/h5,8-10,14-15H,2-4,7,11-12H2,1H3,(H,21,28)(H,20,23,24)/t14-,15?/m1/s1. The van der Waals surface area contributed by atoms with Crippen molar-refractivity contribution in [3.8, 4) is 6.07 Å². The Hall–Kier alpha value is -3.35. The first-order chi connectivity index (χ1) is 13.6. The van der Waals surface area contributed by atoms with E-state index in [9.17, 15) is 4.79 Å². The largest absolute Gasteiger partial charge is 0.352 e. The Kier molecular flexibility index (Phi) is 4.97. The van der Waals surface area contributed by atoms with Crippen LogP contribution in [0, 0.1) is 11.3 Å². The lowest BCUT2D eigenvalue weighted by Crippen LogP contribution is -2.58. The molecule has 10 heteroatoms. The number of piperazine rings is 1. The number of hydrogen-bond acceptors (Lipinski definition) is 7. The number of nitrogens with zero attached hydrogens (tertiary/aromatic N) is 7. The van der Waals surface area contributed by atoms with E-state index in [2.05, 4.69) is 30.6 Å². The number of carbonyl (C=O) groups is 1. The fourth-order valence-corrected chi connectivity index (χ4v) is 3.94. The number of aryl methyl sites for hydroxylation is 1. The molecule has 0 radical (unpaired) electrons. The number of urea groups is 1. The first-order valence-corrected chi connectivity index (χ1v) is 9.41. The minimum absolute atomic E-state index is 0.0657. The van der Waals surface area contributed by atoms with E-state index in [4.69, 9.17) is 5.26 Å². The van der Waals surface area contributed by atoms with E-state index in [1.165, 1.54) is 0 Å². The van der Waals surface area contributed by atoms with Crippen LogP contribution >= 0.6 is 0 Å². The Morgan fingerprint density at radius 1 is 1.36 bits per heavy atom. The second-order valence-corrected chi connectivity index (χ2v) is 7.10. The molecule has 0 aliphatic carbocycles. The van der Waals surface area contributed by atoms with E-state index in [0.717, 1.165) is 37.4 Å². The summed E-state index contributed by atoms with van der Waals surface area (Å²) < 4.78 is 1.71. The van der Waals surface area contributed by atoms with Crippen LogP contribution in [0.2, 0.25) is 0 Å². The van der Waals surface area contributed by atoms with Gasteiger partial charge in [-0.15, -0.1) is 0 Å². The first-order valence-electron chi connectivity index (χ1n) is 9.41. The number of anilines is 3. The molecule has 1 unspecified atom stereocenters. The van der Waals surface area contributed by atoms with Crippen molar-refractivity contribution >= 4 is 23.5 Å². The van der Waals surface area contributed by atoms with Crippen LogP contribution < -0.4 is 15.5 Å². The normalized spacial score (nSPS) is 20.7. The summed E-state index contributed by atoms with van der Waals surface area (Å²) >= 11 is 0. The highest BCUT2D eigenvalue weighted by Crippen LogP contribution is 2.32. The monoisotopic (exact) mass is 381 g/mol. The van der Waals surface area contributed by atoms with Crippen molar-refractivity contribution in [2.45, 2.75) is 31.3 Å². The lowest BCUT2D eigenvalue weighted by Gasteiger charge is -2.41. The molecule has 0 spiro atoms. The van der Waals surface area contributed by atoms with Gasteiger partial charge in [0.1, 0.15) is 5.82 Å². The molecule has 0 saturated carbocycles. The van der Waals surface area contributed by atoms with Crippen LogP contribution in [0.1, 0.15) is 19.3 Å². The van der Waals surface area contributed by atoms with Crippen molar-refractivity contribution in [1.82, 2.24) is 30.0 Å². The van der Waals surface area contributed by atoms with Gasteiger partial charge < -0.3 is 20.4 Å². The number of fused-ring (bicyclic) bond motifs is 2. The number of aromatic nitrogens is 4. The molecule has 2 saturated heterocycles. The number of carbonyl (C=O) groups excluding carboxylic acids is 1. The molecule has 146 valence electrons. The molecule has 10 nitrogen and oxygen atoms in total. The highest BCUT2D eigenvalue weighted by atomic mass is 16.2. The molecule has 2 aliphatic heterocycles. The molecule has 2 fully saturated rings. The minimum Gasteiger partial charge on any atom is -0.352 e. The minimum atomic E-state index is -0.0657. The lowest BCUT2D eigenvalue weighted by molar-refractivity contribution is 0.162. The Morgan fingerprint density at radius 2 is 2.14 bits per heavy atom. The molecule has 2 aliphatic rings. The van der Waals surface area contributed by atoms with Crippen molar-refractivity contribution in [1.29, 1.82) is 5.26 Å². The SMILES string of the molecule is Cn1cc(Nc2nccc(N3CC4CC[C@H](C3)N4C(=O)NCCC#N)n2)cn1. The third-order valence-corrected chi connectivity index (χ3v) is 5.16. The maximum Gasteiger partial charge on any atom is 0.318 e. The lowest BCUT2D eigenvalue weighted by atomic mass is 10.2. The Labute approximate surface area is 163 Å². The van der Waals surface area contributed by atoms with E-state index >= 15 is 0 Å². The highest BCUT2D eigenvalue weighted by molar-refractivity contribution is 5.76. The maximum absolute atomic E-state index is 12.5. The number of nitriles is 1. The Bertz CT molecular complexity index is 875. The molecule has 2 aromatic rings. The molecule has 4 heterocycles. The van der Waals surface area contributed by atoms with Gasteiger partial charge in [0.25, 0.3) is 0 Å². The molecule has 2 N–H and O–H groups in total. The Morgan fingerprint density at radius 3 is 2.82 bits per heavy atom. The van der Waals surface area contributed by atoms with Crippen LogP contribution in [0.15, 0.2) is 24.7 Å². The third kappa shape index (κ3) is 3.69. The summed E-state index contributed by atoms with van der Waals surface area (Å²) in [6, 6.07) is 4.20. The van der Waals surface area contributed by atoms with Gasteiger partial charge in [-0.1, -0.05) is 0 Å². The van der Waals surface area contributed by atoms with Gasteiger partial charge in [-0.25, -0.2) is 9.78 Å². The fraction of sp³-hybridized carbons (Fsp3) is 0.500. The molecular formula is C18H23N9O. The number of rotatable bonds is 5. The molecule has 2 bridgehead atoms. The second-order valence-electron chi connectivity index (χ2n) is 7.10. The van der Waals surface area contributed by atoms with Gasteiger partial charge in [-0.3, -0.25) is 4.68 Å². The van der Waals surface area contributed by atoms with Crippen LogP contribution in [0.5, 0.6) is 0 Å². The zero-order valence-electron chi connectivity index (χ0n) is 15.7. The quantitative estimate of drug-likeness (QED) is 0.749. The second kappa shape index (κ2) is 7.72. The molecule has 4 rings (SSSR count). The maximum atomic E-state index is 12.5. The van der Waals surface area contributed by atoms with Crippen LogP contribution in [-0.2, 0) is 7.05 Å². The highest BCUT2D eigenvalue weighted by Gasteiger charge is 2.42. The average molecular weight is 381 g/mol. The zero-order chi connectivity index (χ0) is 19.5. The summed E-state index contributed by atoms with van der Waals surface area (Å²) in [7, 11) is 1.86. The summed E-state index contributed by atoms with van der Waals surface area (Å²) in [6.07, 6.45) is 7.62. The summed E-state index contributed by atoms with van der Waals surface area (Å²) in [5, 5.41) is 18.8. The van der Waals surface area contributed by atoms with Gasteiger partial charge in [0.2, 0.25) is 5.95 Å². The first kappa shape index (κ1) is 18.0. The van der Waals surface area contributed by atoms with Gasteiger partial charge in [0.05, 0.1) is 36.5 Å². The van der Waals surface area contributed by atoms with Crippen LogP contribution in [0.3, 0.4) is 0 Å². The molecule has 2 aromatic heterocycles. The number of amides is 2. The van der Waals surface area contributed by atoms with Crippen LogP contribution in [-0.4, -0.2) is 62.4 Å². The van der Waals surface area contributed by atoms with E-state index in [0.29, 0.717) is 18.9 Å². The van der Waals surface area contributed by atoms with Crippen molar-refractivity contribution in [2.24, 2.45) is 7.05 Å². The van der Waals surface area contributed by atoms with Gasteiger partial charge >= 0.3 is 6.03 Å². The number of nitrogens with one attached hydrogen (secondary N) is 2. The Balaban J connectivity index is 1.42. The smallest absolute Gasteiger partial charge is 0.318 e. The van der Waals surface area contributed by atoms with Crippen molar-refractivity contribution in [3.05, 3.63) is 24.7 Å². The summed E-state index contributed by atoms with van der Waals surface area (Å²) in [5.74, 6) is 1.37. The van der Waals surface area contributed by atoms with E-state index < -0.39 is 0 Å². The average Bonchev–Trinajstić information content (AvgIpc) is 3.21. The van der Waals surface area contributed by atoms with Crippen molar-refractivity contribution < 1.29 is 4.79 Å².